The molecule has 1 atom stereocenters. The van der Waals surface area contributed by atoms with Gasteiger partial charge in [-0.3, -0.25) is 0 Å². The molecule has 106 valence electrons. The van der Waals surface area contributed by atoms with Crippen molar-refractivity contribution in [3.63, 3.8) is 0 Å². The third-order valence-electron chi connectivity index (χ3n) is 3.87. The summed E-state index contributed by atoms with van der Waals surface area (Å²) in [7, 11) is 0. The number of benzene rings is 1. The molecule has 1 N–H and O–H groups in total. The van der Waals surface area contributed by atoms with Gasteiger partial charge in [0.1, 0.15) is 0 Å². The molecule has 1 heterocycles. The highest BCUT2D eigenvalue weighted by Crippen LogP contribution is 2.32. The SMILES string of the molecule is CCC(O)c1ccc(N2CCSC(C)(C)CC2)cc1. The zero-order chi connectivity index (χ0) is 13.9. The second-order valence-corrected chi connectivity index (χ2v) is 7.66. The number of thioether (sulfide) groups is 1. The fourth-order valence-corrected chi connectivity index (χ4v) is 3.52. The molecule has 1 aromatic carbocycles. The predicted octanol–water partition coefficient (Wildman–Crippen LogP) is 3.85. The van der Waals surface area contributed by atoms with Crippen LogP contribution >= 0.6 is 11.8 Å². The smallest absolute Gasteiger partial charge is 0.0787 e. The largest absolute Gasteiger partial charge is 0.388 e. The molecule has 0 amide bonds. The van der Waals surface area contributed by atoms with Crippen LogP contribution in [0.2, 0.25) is 0 Å². The van der Waals surface area contributed by atoms with Crippen molar-refractivity contribution in [1.82, 2.24) is 0 Å². The third-order valence-corrected chi connectivity index (χ3v) is 5.24. The molecule has 1 aliphatic heterocycles. The Hall–Kier alpha value is -0.670. The molecule has 0 aromatic heterocycles. The zero-order valence-electron chi connectivity index (χ0n) is 12.2. The lowest BCUT2D eigenvalue weighted by molar-refractivity contribution is 0.173. The average molecular weight is 279 g/mol. The molecule has 1 saturated heterocycles. The first-order valence-electron chi connectivity index (χ1n) is 7.19. The molecule has 0 radical (unpaired) electrons. The van der Waals surface area contributed by atoms with E-state index < -0.39 is 0 Å². The molecule has 3 heteroatoms. The molecule has 1 aromatic rings. The van der Waals surface area contributed by atoms with Crippen molar-refractivity contribution in [1.29, 1.82) is 0 Å². The monoisotopic (exact) mass is 279 g/mol. The van der Waals surface area contributed by atoms with Crippen molar-refractivity contribution >= 4 is 17.4 Å². The van der Waals surface area contributed by atoms with E-state index in [2.05, 4.69) is 54.8 Å². The van der Waals surface area contributed by atoms with Gasteiger partial charge < -0.3 is 10.0 Å². The zero-order valence-corrected chi connectivity index (χ0v) is 13.0. The first-order chi connectivity index (χ1) is 9.02. The van der Waals surface area contributed by atoms with Crippen LogP contribution in [0.4, 0.5) is 5.69 Å². The van der Waals surface area contributed by atoms with E-state index in [4.69, 9.17) is 0 Å². The van der Waals surface area contributed by atoms with Gasteiger partial charge in [-0.15, -0.1) is 0 Å². The summed E-state index contributed by atoms with van der Waals surface area (Å²) in [5.74, 6) is 1.19. The fraction of sp³-hybridized carbons (Fsp3) is 0.625. The Morgan fingerprint density at radius 1 is 1.26 bits per heavy atom. The lowest BCUT2D eigenvalue weighted by Gasteiger charge is -2.24. The van der Waals surface area contributed by atoms with Crippen molar-refractivity contribution < 1.29 is 5.11 Å². The topological polar surface area (TPSA) is 23.5 Å². The van der Waals surface area contributed by atoms with Crippen LogP contribution in [0.3, 0.4) is 0 Å². The van der Waals surface area contributed by atoms with Crippen molar-refractivity contribution in [3.05, 3.63) is 29.8 Å². The Morgan fingerprint density at radius 3 is 2.58 bits per heavy atom. The van der Waals surface area contributed by atoms with Crippen LogP contribution in [0.15, 0.2) is 24.3 Å². The summed E-state index contributed by atoms with van der Waals surface area (Å²) >= 11 is 2.07. The number of hydrogen-bond acceptors (Lipinski definition) is 3. The van der Waals surface area contributed by atoms with Gasteiger partial charge in [0, 0.05) is 29.3 Å². The third kappa shape index (κ3) is 3.90. The Labute approximate surface area is 121 Å². The van der Waals surface area contributed by atoms with Crippen LogP contribution in [-0.4, -0.2) is 28.7 Å². The van der Waals surface area contributed by atoms with Crippen LogP contribution < -0.4 is 4.90 Å². The van der Waals surface area contributed by atoms with E-state index in [0.29, 0.717) is 4.75 Å². The minimum absolute atomic E-state index is 0.326. The highest BCUT2D eigenvalue weighted by Gasteiger charge is 2.23. The molecule has 1 fully saturated rings. The molecule has 19 heavy (non-hydrogen) atoms. The van der Waals surface area contributed by atoms with Crippen LogP contribution in [0.1, 0.15) is 45.3 Å². The van der Waals surface area contributed by atoms with Gasteiger partial charge in [0.25, 0.3) is 0 Å². The molecular formula is C16H25NOS. The maximum absolute atomic E-state index is 9.83. The van der Waals surface area contributed by atoms with E-state index >= 15 is 0 Å². The summed E-state index contributed by atoms with van der Waals surface area (Å²) in [4.78, 5) is 2.46. The molecule has 1 aliphatic rings. The molecule has 2 rings (SSSR count). The molecular weight excluding hydrogens is 254 g/mol. The van der Waals surface area contributed by atoms with Crippen LogP contribution in [0.5, 0.6) is 0 Å². The van der Waals surface area contributed by atoms with Crippen molar-refractivity contribution in [2.75, 3.05) is 23.7 Å². The quantitative estimate of drug-likeness (QED) is 0.909. The van der Waals surface area contributed by atoms with Crippen LogP contribution in [0.25, 0.3) is 0 Å². The molecule has 2 nitrogen and oxygen atoms in total. The van der Waals surface area contributed by atoms with Crippen molar-refractivity contribution in [2.24, 2.45) is 0 Å². The van der Waals surface area contributed by atoms with Gasteiger partial charge in [0.15, 0.2) is 0 Å². The summed E-state index contributed by atoms with van der Waals surface area (Å²) in [6.45, 7) is 8.91. The highest BCUT2D eigenvalue weighted by molar-refractivity contribution is 8.00. The van der Waals surface area contributed by atoms with E-state index in [0.717, 1.165) is 25.1 Å². The number of nitrogens with zero attached hydrogens (tertiary/aromatic N) is 1. The first-order valence-corrected chi connectivity index (χ1v) is 8.17. The maximum Gasteiger partial charge on any atom is 0.0787 e. The van der Waals surface area contributed by atoms with Gasteiger partial charge in [-0.25, -0.2) is 0 Å². The number of aliphatic hydroxyl groups excluding tert-OH is 1. The molecule has 0 aliphatic carbocycles. The van der Waals surface area contributed by atoms with E-state index in [-0.39, 0.29) is 6.10 Å². The van der Waals surface area contributed by atoms with E-state index in [1.807, 2.05) is 6.92 Å². The normalized spacial score (nSPS) is 20.9. The number of anilines is 1. The van der Waals surface area contributed by atoms with E-state index in [9.17, 15) is 5.11 Å². The summed E-state index contributed by atoms with van der Waals surface area (Å²) in [6.07, 6.45) is 1.66. The lowest BCUT2D eigenvalue weighted by atomic mass is 10.1. The van der Waals surface area contributed by atoms with Gasteiger partial charge in [0.2, 0.25) is 0 Å². The minimum atomic E-state index is -0.326. The molecule has 0 spiro atoms. The van der Waals surface area contributed by atoms with Gasteiger partial charge in [-0.2, -0.15) is 11.8 Å². The second-order valence-electron chi connectivity index (χ2n) is 5.86. The molecule has 0 bridgehead atoms. The van der Waals surface area contributed by atoms with Gasteiger partial charge in [-0.1, -0.05) is 32.9 Å². The fourth-order valence-electron chi connectivity index (χ4n) is 2.42. The lowest BCUT2D eigenvalue weighted by Crippen LogP contribution is -2.26. The highest BCUT2D eigenvalue weighted by atomic mass is 32.2. The van der Waals surface area contributed by atoms with Crippen molar-refractivity contribution in [3.8, 4) is 0 Å². The second kappa shape index (κ2) is 6.19. The predicted molar refractivity (Wildman–Crippen MR) is 85.1 cm³/mol. The summed E-state index contributed by atoms with van der Waals surface area (Å²) in [5.41, 5.74) is 2.31. The van der Waals surface area contributed by atoms with Gasteiger partial charge in [0.05, 0.1) is 6.10 Å². The maximum atomic E-state index is 9.83. The van der Waals surface area contributed by atoms with E-state index in [1.165, 1.54) is 17.9 Å². The number of hydrogen-bond donors (Lipinski definition) is 1. The minimum Gasteiger partial charge on any atom is -0.388 e. The Morgan fingerprint density at radius 2 is 1.95 bits per heavy atom. The first kappa shape index (κ1) is 14.7. The van der Waals surface area contributed by atoms with Crippen LogP contribution in [0, 0.1) is 0 Å². The Balaban J connectivity index is 2.05. The standard InChI is InChI=1S/C16H25NOS/c1-4-15(18)13-5-7-14(8-6-13)17-10-9-16(2,3)19-12-11-17/h5-8,15,18H,4,9-12H2,1-3H3. The summed E-state index contributed by atoms with van der Waals surface area (Å²) in [5, 5.41) is 9.83. The molecule has 0 saturated carbocycles. The van der Waals surface area contributed by atoms with Gasteiger partial charge in [-0.05, 0) is 30.5 Å². The summed E-state index contributed by atoms with van der Waals surface area (Å²) < 4.78 is 0.396. The van der Waals surface area contributed by atoms with Crippen molar-refractivity contribution in [2.45, 2.75) is 44.5 Å². The Bertz CT molecular complexity index is 402. The van der Waals surface area contributed by atoms with Crippen LogP contribution in [-0.2, 0) is 0 Å². The van der Waals surface area contributed by atoms with Gasteiger partial charge >= 0.3 is 0 Å². The number of aliphatic hydroxyl groups is 1. The number of rotatable bonds is 3. The average Bonchev–Trinajstić information content (AvgIpc) is 2.59. The summed E-state index contributed by atoms with van der Waals surface area (Å²) in [6, 6.07) is 8.42. The van der Waals surface area contributed by atoms with E-state index in [1.54, 1.807) is 0 Å². The molecule has 1 unspecified atom stereocenters. The Kier molecular flexibility index (Phi) is 4.80.